The molecule has 0 fully saturated rings. The largest absolute Gasteiger partial charge is 0.273 e. The quantitative estimate of drug-likeness (QED) is 0.653. The molecule has 2 aromatic rings. The predicted octanol–water partition coefficient (Wildman–Crippen LogP) is 2.61. The van der Waals surface area contributed by atoms with Crippen molar-refractivity contribution in [1.82, 2.24) is 15.2 Å². The number of nitrogens with one attached hydrogen (secondary N) is 1. The summed E-state index contributed by atoms with van der Waals surface area (Å²) < 4.78 is 1.91. The van der Waals surface area contributed by atoms with E-state index in [9.17, 15) is 0 Å². The molecule has 1 aromatic carbocycles. The fraction of sp³-hybridized carbons (Fsp3) is 0.357. The monoisotopic (exact) mass is 278 g/mol. The molecule has 0 radical (unpaired) electrons. The molecule has 1 heterocycles. The van der Waals surface area contributed by atoms with Crippen molar-refractivity contribution in [3.8, 4) is 0 Å². The second-order valence-electron chi connectivity index (χ2n) is 4.58. The van der Waals surface area contributed by atoms with Gasteiger partial charge in [0.25, 0.3) is 0 Å². The van der Waals surface area contributed by atoms with E-state index in [1.165, 1.54) is 0 Å². The molecule has 0 bridgehead atoms. The van der Waals surface area contributed by atoms with Gasteiger partial charge in [-0.3, -0.25) is 16.0 Å². The molecule has 0 saturated heterocycles. The van der Waals surface area contributed by atoms with Crippen molar-refractivity contribution in [2.45, 2.75) is 32.9 Å². The molecule has 0 aliphatic heterocycles. The molecule has 4 nitrogen and oxygen atoms in total. The number of rotatable bonds is 5. The molecule has 1 atom stereocenters. The highest BCUT2D eigenvalue weighted by Gasteiger charge is 2.15. The Balaban J connectivity index is 2.22. The van der Waals surface area contributed by atoms with Crippen LogP contribution in [0, 0.1) is 6.92 Å². The highest BCUT2D eigenvalue weighted by Crippen LogP contribution is 2.26. The molecule has 3 N–H and O–H groups in total. The topological polar surface area (TPSA) is 55.9 Å². The summed E-state index contributed by atoms with van der Waals surface area (Å²) in [5.41, 5.74) is 6.21. The highest BCUT2D eigenvalue weighted by atomic mass is 35.5. The maximum atomic E-state index is 6.16. The lowest BCUT2D eigenvalue weighted by Gasteiger charge is -2.18. The van der Waals surface area contributed by atoms with E-state index in [0.717, 1.165) is 34.7 Å². The normalized spacial score (nSPS) is 12.6. The summed E-state index contributed by atoms with van der Waals surface area (Å²) in [6, 6.07) is 5.93. The van der Waals surface area contributed by atoms with Gasteiger partial charge < -0.3 is 0 Å². The van der Waals surface area contributed by atoms with Crippen LogP contribution in [0.15, 0.2) is 30.6 Å². The number of aromatic nitrogens is 2. The van der Waals surface area contributed by atoms with Crippen molar-refractivity contribution in [2.24, 2.45) is 5.84 Å². The summed E-state index contributed by atoms with van der Waals surface area (Å²) >= 11 is 6.16. The highest BCUT2D eigenvalue weighted by molar-refractivity contribution is 6.31. The van der Waals surface area contributed by atoms with Gasteiger partial charge in [0, 0.05) is 17.8 Å². The molecule has 19 heavy (non-hydrogen) atoms. The minimum atomic E-state index is 0.0354. The van der Waals surface area contributed by atoms with Gasteiger partial charge in [0.2, 0.25) is 0 Å². The zero-order valence-corrected chi connectivity index (χ0v) is 12.0. The minimum Gasteiger partial charge on any atom is -0.273 e. The van der Waals surface area contributed by atoms with Gasteiger partial charge in [-0.1, -0.05) is 23.7 Å². The summed E-state index contributed by atoms with van der Waals surface area (Å²) in [7, 11) is 0. The Labute approximate surface area is 118 Å². The lowest BCUT2D eigenvalue weighted by molar-refractivity contribution is 0.549. The zero-order valence-electron chi connectivity index (χ0n) is 11.2. The van der Waals surface area contributed by atoms with Crippen LogP contribution in [-0.4, -0.2) is 9.78 Å². The van der Waals surface area contributed by atoms with Gasteiger partial charge in [-0.05, 0) is 43.0 Å². The molecular weight excluding hydrogens is 260 g/mol. The molecular formula is C14H19ClN4. The van der Waals surface area contributed by atoms with Crippen molar-refractivity contribution in [3.05, 3.63) is 52.3 Å². The summed E-state index contributed by atoms with van der Waals surface area (Å²) in [4.78, 5) is 0. The van der Waals surface area contributed by atoms with Crippen molar-refractivity contribution < 1.29 is 0 Å². The van der Waals surface area contributed by atoms with Crippen LogP contribution in [0.2, 0.25) is 5.02 Å². The van der Waals surface area contributed by atoms with Crippen LogP contribution in [0.1, 0.15) is 29.7 Å². The first-order chi connectivity index (χ1) is 9.15. The third-order valence-electron chi connectivity index (χ3n) is 3.34. The summed E-state index contributed by atoms with van der Waals surface area (Å²) in [6.07, 6.45) is 4.72. The summed E-state index contributed by atoms with van der Waals surface area (Å²) in [5, 5.41) is 5.04. The third-order valence-corrected chi connectivity index (χ3v) is 3.75. The number of halogens is 1. The van der Waals surface area contributed by atoms with Crippen molar-refractivity contribution in [1.29, 1.82) is 0 Å². The van der Waals surface area contributed by atoms with Crippen LogP contribution in [0.5, 0.6) is 0 Å². The smallest absolute Gasteiger partial charge is 0.0522 e. The van der Waals surface area contributed by atoms with Crippen molar-refractivity contribution in [3.63, 3.8) is 0 Å². The number of nitrogens with zero attached hydrogens (tertiary/aromatic N) is 2. The van der Waals surface area contributed by atoms with Crippen LogP contribution in [0.3, 0.4) is 0 Å². The maximum absolute atomic E-state index is 6.16. The lowest BCUT2D eigenvalue weighted by Crippen LogP contribution is -2.30. The van der Waals surface area contributed by atoms with E-state index in [-0.39, 0.29) is 6.04 Å². The van der Waals surface area contributed by atoms with E-state index in [1.807, 2.05) is 36.1 Å². The van der Waals surface area contributed by atoms with E-state index >= 15 is 0 Å². The lowest BCUT2D eigenvalue weighted by atomic mass is 9.97. The molecule has 0 aliphatic carbocycles. The van der Waals surface area contributed by atoms with E-state index in [0.29, 0.717) is 0 Å². The number of nitrogens with two attached hydrogens (primary N) is 1. The van der Waals surface area contributed by atoms with Gasteiger partial charge in [0.05, 0.1) is 12.2 Å². The van der Waals surface area contributed by atoms with E-state index in [1.54, 1.807) is 0 Å². The number of benzene rings is 1. The minimum absolute atomic E-state index is 0.0354. The standard InChI is InChI=1S/C14H19ClN4/c1-3-19-9-11(8-17-19)7-14(18-16)12-5-4-6-13(15)10(12)2/h4-6,8-9,14,18H,3,7,16H2,1-2H3. The van der Waals surface area contributed by atoms with E-state index in [4.69, 9.17) is 17.4 Å². The zero-order chi connectivity index (χ0) is 13.8. The number of hydrogen-bond acceptors (Lipinski definition) is 3. The van der Waals surface area contributed by atoms with Gasteiger partial charge in [-0.2, -0.15) is 5.10 Å². The van der Waals surface area contributed by atoms with Crippen LogP contribution >= 0.6 is 11.6 Å². The van der Waals surface area contributed by atoms with E-state index < -0.39 is 0 Å². The van der Waals surface area contributed by atoms with Crippen LogP contribution in [-0.2, 0) is 13.0 Å². The average Bonchev–Trinajstić information content (AvgIpc) is 2.87. The second kappa shape index (κ2) is 6.19. The first-order valence-electron chi connectivity index (χ1n) is 6.38. The summed E-state index contributed by atoms with van der Waals surface area (Å²) in [5.74, 6) is 5.69. The Morgan fingerprint density at radius 2 is 2.26 bits per heavy atom. The Kier molecular flexibility index (Phi) is 4.58. The Morgan fingerprint density at radius 3 is 2.89 bits per heavy atom. The Morgan fingerprint density at radius 1 is 1.47 bits per heavy atom. The fourth-order valence-corrected chi connectivity index (χ4v) is 2.36. The van der Waals surface area contributed by atoms with Crippen LogP contribution in [0.25, 0.3) is 0 Å². The van der Waals surface area contributed by atoms with Gasteiger partial charge >= 0.3 is 0 Å². The van der Waals surface area contributed by atoms with Gasteiger partial charge in [-0.25, -0.2) is 0 Å². The SMILES string of the molecule is CCn1cc(CC(NN)c2cccc(Cl)c2C)cn1. The molecule has 0 saturated carbocycles. The molecule has 102 valence electrons. The van der Waals surface area contributed by atoms with Crippen molar-refractivity contribution >= 4 is 11.6 Å². The second-order valence-corrected chi connectivity index (χ2v) is 4.99. The molecule has 0 aliphatic rings. The molecule has 0 spiro atoms. The first-order valence-corrected chi connectivity index (χ1v) is 6.76. The van der Waals surface area contributed by atoms with Gasteiger partial charge in [0.1, 0.15) is 0 Å². The average molecular weight is 279 g/mol. The molecule has 1 aromatic heterocycles. The van der Waals surface area contributed by atoms with Crippen molar-refractivity contribution in [2.75, 3.05) is 0 Å². The maximum Gasteiger partial charge on any atom is 0.0522 e. The van der Waals surface area contributed by atoms with Gasteiger partial charge in [-0.15, -0.1) is 0 Å². The predicted molar refractivity (Wildman–Crippen MR) is 77.9 cm³/mol. The van der Waals surface area contributed by atoms with Crippen LogP contribution in [0.4, 0.5) is 0 Å². The Hall–Kier alpha value is -1.36. The number of hydrogen-bond donors (Lipinski definition) is 2. The molecule has 1 unspecified atom stereocenters. The third kappa shape index (κ3) is 3.15. The summed E-state index contributed by atoms with van der Waals surface area (Å²) in [6.45, 7) is 4.95. The van der Waals surface area contributed by atoms with Gasteiger partial charge in [0.15, 0.2) is 0 Å². The molecule has 2 rings (SSSR count). The molecule has 0 amide bonds. The number of aryl methyl sites for hydroxylation is 1. The fourth-order valence-electron chi connectivity index (χ4n) is 2.18. The number of hydrazine groups is 1. The first kappa shape index (κ1) is 14.1. The van der Waals surface area contributed by atoms with Crippen LogP contribution < -0.4 is 11.3 Å². The Bertz CT molecular complexity index is 550. The van der Waals surface area contributed by atoms with E-state index in [2.05, 4.69) is 23.5 Å². The molecule has 5 heteroatoms.